The van der Waals surface area contributed by atoms with Crippen LogP contribution in [0.5, 0.6) is 0 Å². The number of nitrogens with zero attached hydrogens (tertiary/aromatic N) is 2. The molecule has 2 saturated heterocycles. The average Bonchev–Trinajstić information content (AvgIpc) is 3.12. The molecule has 10 heteroatoms. The predicted octanol–water partition coefficient (Wildman–Crippen LogP) is 5.83. The summed E-state index contributed by atoms with van der Waals surface area (Å²) in [6.07, 6.45) is 6.20. The average molecular weight is 644 g/mol. The Morgan fingerprint density at radius 2 is 1.57 bits per heavy atom. The van der Waals surface area contributed by atoms with Crippen LogP contribution in [0.1, 0.15) is 111 Å². The van der Waals surface area contributed by atoms with Gasteiger partial charge in [0.15, 0.2) is 0 Å². The van der Waals surface area contributed by atoms with E-state index in [0.717, 1.165) is 44.1 Å². The van der Waals surface area contributed by atoms with E-state index in [1.807, 2.05) is 59.7 Å². The molecule has 2 aliphatic rings. The maximum atomic E-state index is 13.9. The third-order valence-electron chi connectivity index (χ3n) is 8.46. The van der Waals surface area contributed by atoms with E-state index in [0.29, 0.717) is 38.4 Å². The van der Waals surface area contributed by atoms with Gasteiger partial charge in [-0.25, -0.2) is 4.79 Å². The van der Waals surface area contributed by atoms with E-state index >= 15 is 0 Å². The zero-order chi connectivity index (χ0) is 33.9. The highest BCUT2D eigenvalue weighted by Crippen LogP contribution is 2.29. The van der Waals surface area contributed by atoms with Gasteiger partial charge < -0.3 is 24.0 Å². The molecule has 1 aromatic carbocycles. The fourth-order valence-electron chi connectivity index (χ4n) is 6.25. The summed E-state index contributed by atoms with van der Waals surface area (Å²) in [6, 6.07) is 8.79. The zero-order valence-corrected chi connectivity index (χ0v) is 29.1. The van der Waals surface area contributed by atoms with Gasteiger partial charge in [-0.2, -0.15) is 0 Å². The van der Waals surface area contributed by atoms with Crippen molar-refractivity contribution in [2.45, 2.75) is 129 Å². The lowest BCUT2D eigenvalue weighted by atomic mass is 9.91. The minimum Gasteiger partial charge on any atom is -0.465 e. The molecule has 1 aromatic rings. The molecule has 0 radical (unpaired) electrons. The quantitative estimate of drug-likeness (QED) is 0.172. The molecule has 2 fully saturated rings. The highest BCUT2D eigenvalue weighted by molar-refractivity contribution is 5.87. The number of unbranched alkanes of at least 4 members (excludes halogenated alkanes) is 1. The largest absolute Gasteiger partial charge is 0.465 e. The first-order chi connectivity index (χ1) is 21.6. The van der Waals surface area contributed by atoms with E-state index in [4.69, 9.17) is 14.2 Å². The fourth-order valence-corrected chi connectivity index (χ4v) is 6.25. The number of carbonyl (C=O) groups excluding carboxylic acids is 4. The van der Waals surface area contributed by atoms with Crippen molar-refractivity contribution in [2.75, 3.05) is 32.8 Å². The van der Waals surface area contributed by atoms with E-state index < -0.39 is 29.3 Å². The summed E-state index contributed by atoms with van der Waals surface area (Å²) in [7, 11) is 0. The molecule has 3 unspecified atom stereocenters. The van der Waals surface area contributed by atoms with Crippen LogP contribution in [0.15, 0.2) is 30.3 Å². The molecule has 0 aliphatic carbocycles. The molecule has 10 nitrogen and oxygen atoms in total. The predicted molar refractivity (Wildman–Crippen MR) is 177 cm³/mol. The van der Waals surface area contributed by atoms with Gasteiger partial charge in [-0.3, -0.25) is 19.7 Å². The molecule has 2 aliphatic heterocycles. The van der Waals surface area contributed by atoms with Gasteiger partial charge in [0, 0.05) is 25.6 Å². The van der Waals surface area contributed by atoms with Crippen molar-refractivity contribution < 1.29 is 33.4 Å². The number of hydrogen-bond donors (Lipinski definition) is 1. The number of benzene rings is 1. The standard InChI is InChI=1S/C36H57N3O7/c1-8-44-33(42)30(17-13-12-14-26-20-22-38(23-21-26)34(43)46-36(5,6)7)37-29-19-18-28(27-15-10-9-11-16-27)24-39(32(29)41)25-31(40)45-35(2,3)4/h9-11,15-16,26,28-30,37H,8,12-14,17-25H2,1-7H3. The van der Waals surface area contributed by atoms with Crippen molar-refractivity contribution >= 4 is 23.9 Å². The third-order valence-corrected chi connectivity index (χ3v) is 8.46. The van der Waals surface area contributed by atoms with Crippen molar-refractivity contribution in [3.05, 3.63) is 35.9 Å². The van der Waals surface area contributed by atoms with Crippen LogP contribution in [-0.4, -0.2) is 89.8 Å². The number of hydrogen-bond acceptors (Lipinski definition) is 8. The van der Waals surface area contributed by atoms with Crippen molar-refractivity contribution in [3.8, 4) is 0 Å². The Kier molecular flexibility index (Phi) is 13.9. The van der Waals surface area contributed by atoms with Crippen molar-refractivity contribution in [3.63, 3.8) is 0 Å². The third kappa shape index (κ3) is 12.6. The Hall–Kier alpha value is -3.14. The summed E-state index contributed by atoms with van der Waals surface area (Å²) in [5.41, 5.74) is -0.0465. The van der Waals surface area contributed by atoms with Gasteiger partial charge in [0.2, 0.25) is 5.91 Å². The molecule has 258 valence electrons. The van der Waals surface area contributed by atoms with Crippen LogP contribution in [0.3, 0.4) is 0 Å². The van der Waals surface area contributed by atoms with E-state index in [1.54, 1.807) is 16.7 Å². The molecule has 0 saturated carbocycles. The van der Waals surface area contributed by atoms with Crippen LogP contribution >= 0.6 is 0 Å². The van der Waals surface area contributed by atoms with Crippen LogP contribution in [-0.2, 0) is 28.6 Å². The van der Waals surface area contributed by atoms with Crippen molar-refractivity contribution in [1.29, 1.82) is 0 Å². The second-order valence-corrected chi connectivity index (χ2v) is 14.7. The SMILES string of the molecule is CCOC(=O)C(CCCCC1CCN(C(=O)OC(C)(C)C)CC1)NC1CCC(c2ccccc2)CN(CC(=O)OC(C)(C)C)C1=O. The lowest BCUT2D eigenvalue weighted by Crippen LogP contribution is -2.52. The van der Waals surface area contributed by atoms with Gasteiger partial charge in [0.05, 0.1) is 12.6 Å². The van der Waals surface area contributed by atoms with Gasteiger partial charge in [-0.1, -0.05) is 49.6 Å². The second kappa shape index (κ2) is 17.1. The summed E-state index contributed by atoms with van der Waals surface area (Å²) in [5, 5.41) is 3.35. The molecule has 2 heterocycles. The summed E-state index contributed by atoms with van der Waals surface area (Å²) >= 11 is 0. The molecular weight excluding hydrogens is 586 g/mol. The van der Waals surface area contributed by atoms with Gasteiger partial charge in [-0.15, -0.1) is 0 Å². The van der Waals surface area contributed by atoms with Crippen LogP contribution in [0, 0.1) is 5.92 Å². The van der Waals surface area contributed by atoms with Gasteiger partial charge in [-0.05, 0) is 92.1 Å². The van der Waals surface area contributed by atoms with E-state index in [2.05, 4.69) is 17.4 Å². The van der Waals surface area contributed by atoms with Crippen LogP contribution in [0.25, 0.3) is 0 Å². The van der Waals surface area contributed by atoms with Gasteiger partial charge >= 0.3 is 18.0 Å². The number of rotatable bonds is 12. The highest BCUT2D eigenvalue weighted by atomic mass is 16.6. The maximum Gasteiger partial charge on any atom is 0.410 e. The lowest BCUT2D eigenvalue weighted by molar-refractivity contribution is -0.159. The molecule has 0 aromatic heterocycles. The van der Waals surface area contributed by atoms with E-state index in [9.17, 15) is 19.2 Å². The summed E-state index contributed by atoms with van der Waals surface area (Å²) in [6.45, 7) is 14.7. The molecule has 1 N–H and O–H groups in total. The van der Waals surface area contributed by atoms with Crippen LogP contribution in [0.2, 0.25) is 0 Å². The van der Waals surface area contributed by atoms with Crippen LogP contribution in [0.4, 0.5) is 4.79 Å². The number of likely N-dealkylation sites (tertiary alicyclic amines) is 2. The van der Waals surface area contributed by atoms with Gasteiger partial charge in [0.25, 0.3) is 0 Å². The van der Waals surface area contributed by atoms with E-state index in [1.165, 1.54) is 0 Å². The van der Waals surface area contributed by atoms with Gasteiger partial charge in [0.1, 0.15) is 23.8 Å². The zero-order valence-electron chi connectivity index (χ0n) is 29.1. The number of carbonyl (C=O) groups is 4. The monoisotopic (exact) mass is 643 g/mol. The second-order valence-electron chi connectivity index (χ2n) is 14.7. The lowest BCUT2D eigenvalue weighted by Gasteiger charge is -2.33. The Labute approximate surface area is 275 Å². The Bertz CT molecular complexity index is 1140. The molecule has 0 spiro atoms. The minimum absolute atomic E-state index is 0.0576. The number of esters is 2. The first-order valence-electron chi connectivity index (χ1n) is 17.1. The van der Waals surface area contributed by atoms with E-state index in [-0.39, 0.29) is 37.0 Å². The maximum absolute atomic E-state index is 13.9. The summed E-state index contributed by atoms with van der Waals surface area (Å²) in [5.74, 6) is -0.430. The Morgan fingerprint density at radius 1 is 0.913 bits per heavy atom. The normalized spacial score (nSPS) is 20.5. The molecule has 2 amide bonds. The summed E-state index contributed by atoms with van der Waals surface area (Å²) < 4.78 is 16.5. The smallest absolute Gasteiger partial charge is 0.410 e. The first-order valence-corrected chi connectivity index (χ1v) is 17.1. The first kappa shape index (κ1) is 37.3. The Balaban J connectivity index is 1.60. The molecule has 3 atom stereocenters. The number of amides is 2. The molecule has 3 rings (SSSR count). The Morgan fingerprint density at radius 3 is 2.17 bits per heavy atom. The number of piperidine rings is 1. The number of ether oxygens (including phenoxy) is 3. The number of nitrogens with one attached hydrogen (secondary N) is 1. The fraction of sp³-hybridized carbons (Fsp3) is 0.722. The minimum atomic E-state index is -0.660. The van der Waals surface area contributed by atoms with Crippen molar-refractivity contribution in [1.82, 2.24) is 15.1 Å². The highest BCUT2D eigenvalue weighted by Gasteiger charge is 2.36. The molecular formula is C36H57N3O7. The van der Waals surface area contributed by atoms with Crippen molar-refractivity contribution in [2.24, 2.45) is 5.92 Å². The molecule has 46 heavy (non-hydrogen) atoms. The summed E-state index contributed by atoms with van der Waals surface area (Å²) in [4.78, 5) is 55.6. The van der Waals surface area contributed by atoms with Crippen LogP contribution < -0.4 is 5.32 Å². The molecule has 0 bridgehead atoms. The topological polar surface area (TPSA) is 114 Å².